The first-order valence-corrected chi connectivity index (χ1v) is 10.9. The van der Waals surface area contributed by atoms with Crippen LogP contribution in [-0.4, -0.2) is 52.2 Å². The summed E-state index contributed by atoms with van der Waals surface area (Å²) in [5, 5.41) is 6.10. The molecule has 158 valence electrons. The van der Waals surface area contributed by atoms with Gasteiger partial charge in [-0.3, -0.25) is 0 Å². The van der Waals surface area contributed by atoms with Gasteiger partial charge < -0.3 is 15.0 Å². The molecular weight excluding hydrogens is 396 g/mol. The molecule has 2 aromatic rings. The third kappa shape index (κ3) is 5.01. The van der Waals surface area contributed by atoms with Gasteiger partial charge >= 0.3 is 0 Å². The molecular formula is C20H27F2N5OS. The van der Waals surface area contributed by atoms with Gasteiger partial charge in [0.2, 0.25) is 5.92 Å². The number of nitrogens with zero attached hydrogens (tertiary/aromatic N) is 4. The van der Waals surface area contributed by atoms with Crippen molar-refractivity contribution in [3.63, 3.8) is 0 Å². The number of hydrogen-bond acceptors (Lipinski definition) is 7. The monoisotopic (exact) mass is 423 g/mol. The Labute approximate surface area is 173 Å². The fourth-order valence-corrected chi connectivity index (χ4v) is 4.56. The van der Waals surface area contributed by atoms with Crippen molar-refractivity contribution in [3.05, 3.63) is 17.1 Å². The Balaban J connectivity index is 1.61. The van der Waals surface area contributed by atoms with E-state index in [-0.39, 0.29) is 24.5 Å². The summed E-state index contributed by atoms with van der Waals surface area (Å²) in [6.07, 6.45) is 0.697. The van der Waals surface area contributed by atoms with E-state index in [1.54, 1.807) is 0 Å². The summed E-state index contributed by atoms with van der Waals surface area (Å²) < 4.78 is 32.8. The molecule has 0 bridgehead atoms. The molecule has 4 rings (SSSR count). The first kappa shape index (κ1) is 20.4. The number of halogens is 2. The fourth-order valence-electron chi connectivity index (χ4n) is 3.83. The first-order chi connectivity index (χ1) is 13.7. The summed E-state index contributed by atoms with van der Waals surface area (Å²) in [5.41, 5.74) is 0.666. The van der Waals surface area contributed by atoms with Crippen LogP contribution in [0, 0.1) is 6.92 Å². The van der Waals surface area contributed by atoms with Gasteiger partial charge in [0, 0.05) is 49.1 Å². The Morgan fingerprint density at radius 3 is 2.62 bits per heavy atom. The van der Waals surface area contributed by atoms with Crippen molar-refractivity contribution in [2.75, 3.05) is 29.9 Å². The molecule has 3 heterocycles. The number of alkyl halides is 2. The van der Waals surface area contributed by atoms with E-state index in [0.29, 0.717) is 31.1 Å². The molecule has 1 saturated heterocycles. The van der Waals surface area contributed by atoms with Gasteiger partial charge in [-0.05, 0) is 33.6 Å². The molecule has 0 atom stereocenters. The highest BCUT2D eigenvalue weighted by Crippen LogP contribution is 2.35. The van der Waals surface area contributed by atoms with Gasteiger partial charge in [0.05, 0.1) is 12.2 Å². The van der Waals surface area contributed by atoms with Crippen LogP contribution >= 0.6 is 11.3 Å². The van der Waals surface area contributed by atoms with Crippen molar-refractivity contribution >= 4 is 23.0 Å². The average molecular weight is 424 g/mol. The second-order valence-electron chi connectivity index (χ2n) is 8.53. The Bertz CT molecular complexity index is 862. The fraction of sp³-hybridized carbons (Fsp3) is 0.650. The molecule has 1 saturated carbocycles. The van der Waals surface area contributed by atoms with E-state index in [1.807, 2.05) is 18.4 Å². The predicted molar refractivity (Wildman–Crippen MR) is 111 cm³/mol. The minimum Gasteiger partial charge on any atom is -0.372 e. The largest absolute Gasteiger partial charge is 0.372 e. The van der Waals surface area contributed by atoms with Crippen molar-refractivity contribution in [2.24, 2.45) is 0 Å². The highest BCUT2D eigenvalue weighted by molar-refractivity contribution is 7.13. The van der Waals surface area contributed by atoms with E-state index in [9.17, 15) is 8.78 Å². The Kier molecular flexibility index (Phi) is 5.46. The van der Waals surface area contributed by atoms with E-state index >= 15 is 0 Å². The quantitative estimate of drug-likeness (QED) is 0.781. The SMILES string of the molecule is Cc1csc(-c2nc(NC3CCC(F)(F)CC3)cc(N3CCOC(C)(C)C3)n2)n1. The van der Waals surface area contributed by atoms with Crippen LogP contribution in [0.4, 0.5) is 20.4 Å². The molecule has 2 aliphatic rings. The number of aromatic nitrogens is 3. The van der Waals surface area contributed by atoms with Crippen LogP contribution in [0.1, 0.15) is 45.2 Å². The highest BCUT2D eigenvalue weighted by Gasteiger charge is 2.35. The maximum Gasteiger partial charge on any atom is 0.248 e. The van der Waals surface area contributed by atoms with E-state index in [1.165, 1.54) is 11.3 Å². The van der Waals surface area contributed by atoms with E-state index in [0.717, 1.165) is 29.6 Å². The number of hydrogen-bond donors (Lipinski definition) is 1. The van der Waals surface area contributed by atoms with Gasteiger partial charge in [0.15, 0.2) is 10.8 Å². The van der Waals surface area contributed by atoms with Gasteiger partial charge in [-0.1, -0.05) is 0 Å². The van der Waals surface area contributed by atoms with Gasteiger partial charge in [0.1, 0.15) is 11.6 Å². The highest BCUT2D eigenvalue weighted by atomic mass is 32.1. The molecule has 2 aromatic heterocycles. The van der Waals surface area contributed by atoms with Crippen molar-refractivity contribution in [2.45, 2.75) is 64.0 Å². The average Bonchev–Trinajstić information content (AvgIpc) is 3.09. The number of nitrogens with one attached hydrogen (secondary N) is 1. The summed E-state index contributed by atoms with van der Waals surface area (Å²) >= 11 is 1.51. The molecule has 29 heavy (non-hydrogen) atoms. The summed E-state index contributed by atoms with van der Waals surface area (Å²) in [6.45, 7) is 8.15. The second-order valence-corrected chi connectivity index (χ2v) is 9.39. The maximum atomic E-state index is 13.5. The molecule has 0 spiro atoms. The first-order valence-electron chi connectivity index (χ1n) is 10.0. The smallest absolute Gasteiger partial charge is 0.248 e. The van der Waals surface area contributed by atoms with Crippen LogP contribution in [0.5, 0.6) is 0 Å². The molecule has 0 amide bonds. The lowest BCUT2D eigenvalue weighted by Crippen LogP contribution is -2.48. The third-order valence-corrected chi connectivity index (χ3v) is 6.30. The Morgan fingerprint density at radius 2 is 1.97 bits per heavy atom. The van der Waals surface area contributed by atoms with Gasteiger partial charge in [0.25, 0.3) is 0 Å². The number of morpholine rings is 1. The molecule has 1 aliphatic heterocycles. The molecule has 0 radical (unpaired) electrons. The van der Waals surface area contributed by atoms with E-state index in [2.05, 4.69) is 34.0 Å². The molecule has 0 unspecified atom stereocenters. The lowest BCUT2D eigenvalue weighted by atomic mass is 9.92. The summed E-state index contributed by atoms with van der Waals surface area (Å²) in [4.78, 5) is 16.1. The van der Waals surface area contributed by atoms with Gasteiger partial charge in [-0.2, -0.15) is 0 Å². The molecule has 0 aromatic carbocycles. The Morgan fingerprint density at radius 1 is 1.21 bits per heavy atom. The minimum absolute atomic E-state index is 0.00983. The van der Waals surface area contributed by atoms with Gasteiger partial charge in [-0.25, -0.2) is 23.7 Å². The standard InChI is InChI=1S/C20H27F2N5OS/c1-13-11-29-18(23-13)17-25-15(24-14-4-6-20(21,22)7-5-14)10-16(26-17)27-8-9-28-19(2,3)12-27/h10-11,14H,4-9,12H2,1-3H3,(H,24,25,26). The van der Waals surface area contributed by atoms with Crippen LogP contribution in [0.2, 0.25) is 0 Å². The molecule has 2 fully saturated rings. The molecule has 9 heteroatoms. The normalized spacial score (nSPS) is 21.9. The molecule has 1 aliphatic carbocycles. The molecule has 1 N–H and O–H groups in total. The number of ether oxygens (including phenoxy) is 1. The van der Waals surface area contributed by atoms with Crippen molar-refractivity contribution in [1.29, 1.82) is 0 Å². The van der Waals surface area contributed by atoms with Gasteiger partial charge in [-0.15, -0.1) is 11.3 Å². The number of rotatable bonds is 4. The lowest BCUT2D eigenvalue weighted by molar-refractivity contribution is -0.0361. The van der Waals surface area contributed by atoms with Crippen LogP contribution in [0.25, 0.3) is 10.8 Å². The number of aryl methyl sites for hydroxylation is 1. The van der Waals surface area contributed by atoms with E-state index < -0.39 is 5.92 Å². The summed E-state index contributed by atoms with van der Waals surface area (Å²) in [6, 6.07) is 1.90. The summed E-state index contributed by atoms with van der Waals surface area (Å²) in [7, 11) is 0. The van der Waals surface area contributed by atoms with Crippen LogP contribution in [-0.2, 0) is 4.74 Å². The zero-order valence-electron chi connectivity index (χ0n) is 17.0. The van der Waals surface area contributed by atoms with Crippen molar-refractivity contribution in [1.82, 2.24) is 15.0 Å². The van der Waals surface area contributed by atoms with Crippen LogP contribution in [0.15, 0.2) is 11.4 Å². The number of anilines is 2. The zero-order valence-corrected chi connectivity index (χ0v) is 17.9. The number of thiazole rings is 1. The molecule has 6 nitrogen and oxygen atoms in total. The predicted octanol–water partition coefficient (Wildman–Crippen LogP) is 4.51. The third-order valence-electron chi connectivity index (χ3n) is 5.34. The van der Waals surface area contributed by atoms with Crippen LogP contribution < -0.4 is 10.2 Å². The summed E-state index contributed by atoms with van der Waals surface area (Å²) in [5.74, 6) is -0.508. The lowest BCUT2D eigenvalue weighted by Gasteiger charge is -2.39. The topological polar surface area (TPSA) is 63.2 Å². The maximum absolute atomic E-state index is 13.5. The van der Waals surface area contributed by atoms with Crippen molar-refractivity contribution < 1.29 is 13.5 Å². The van der Waals surface area contributed by atoms with Crippen LogP contribution in [0.3, 0.4) is 0 Å². The Hall–Kier alpha value is -1.87. The zero-order chi connectivity index (χ0) is 20.6. The van der Waals surface area contributed by atoms with E-state index in [4.69, 9.17) is 9.72 Å². The minimum atomic E-state index is -2.54. The van der Waals surface area contributed by atoms with Crippen molar-refractivity contribution in [3.8, 4) is 10.8 Å². The second kappa shape index (κ2) is 7.75.